The maximum Gasteiger partial charge on any atom is 0.434 e. The number of carboxylic acid groups (broad SMARTS) is 1. The van der Waals surface area contributed by atoms with E-state index in [0.717, 1.165) is 12.6 Å². The highest BCUT2D eigenvalue weighted by molar-refractivity contribution is 6.02. The summed E-state index contributed by atoms with van der Waals surface area (Å²) in [5, 5.41) is 13.3. The fourth-order valence-corrected chi connectivity index (χ4v) is 10.4. The van der Waals surface area contributed by atoms with E-state index in [4.69, 9.17) is 0 Å². The second-order valence-corrected chi connectivity index (χ2v) is 16.3. The normalized spacial score (nSPS) is 28.2. The summed E-state index contributed by atoms with van der Waals surface area (Å²) < 4.78 is 113. The van der Waals surface area contributed by atoms with Crippen LogP contribution in [-0.2, 0) is 11.0 Å². The molecule has 2 N–H and O–H groups in total. The lowest BCUT2D eigenvalue weighted by Gasteiger charge is -2.59. The Morgan fingerprint density at radius 2 is 1.52 bits per heavy atom. The van der Waals surface area contributed by atoms with Gasteiger partial charge in [-0.1, -0.05) is 6.07 Å². The van der Waals surface area contributed by atoms with Crippen molar-refractivity contribution in [1.82, 2.24) is 29.7 Å². The third-order valence-corrected chi connectivity index (χ3v) is 12.9. The number of hydrogen-bond donors (Lipinski definition) is 2. The Balaban J connectivity index is 1.13. The molecule has 4 bridgehead atoms. The molecule has 6 fully saturated rings. The molecular formula is C38H40F8N6O4. The lowest BCUT2D eigenvalue weighted by molar-refractivity contribution is -0.163. The highest BCUT2D eigenvalue weighted by Crippen LogP contribution is 2.58. The van der Waals surface area contributed by atoms with Gasteiger partial charge in [-0.05, 0) is 80.8 Å². The smallest absolute Gasteiger partial charge is 0.434 e. The van der Waals surface area contributed by atoms with Crippen LogP contribution in [0.15, 0.2) is 30.6 Å². The zero-order chi connectivity index (χ0) is 39.9. The van der Waals surface area contributed by atoms with Crippen molar-refractivity contribution in [2.24, 2.45) is 23.7 Å². The van der Waals surface area contributed by atoms with Crippen LogP contribution in [-0.4, -0.2) is 97.6 Å². The number of carbonyl (C=O) groups is 3. The van der Waals surface area contributed by atoms with Crippen molar-refractivity contribution >= 4 is 28.7 Å². The molecule has 1 aliphatic heterocycles. The molecule has 56 heavy (non-hydrogen) atoms. The molecule has 2 amide bonds. The third kappa shape index (κ3) is 6.99. The van der Waals surface area contributed by atoms with Gasteiger partial charge in [0, 0.05) is 79.5 Å². The molecule has 5 aliphatic carbocycles. The van der Waals surface area contributed by atoms with Crippen molar-refractivity contribution in [1.29, 1.82) is 0 Å². The average Bonchev–Trinajstić information content (AvgIpc) is 3.50. The number of fused-ring (bicyclic) bond motifs is 1. The van der Waals surface area contributed by atoms with Crippen molar-refractivity contribution in [2.75, 3.05) is 32.7 Å². The number of nitrogens with zero attached hydrogens (tertiary/aromatic N) is 5. The van der Waals surface area contributed by atoms with Gasteiger partial charge in [0.15, 0.2) is 11.5 Å². The van der Waals surface area contributed by atoms with Crippen LogP contribution in [0.2, 0.25) is 0 Å². The molecule has 10 nitrogen and oxygen atoms in total. The van der Waals surface area contributed by atoms with E-state index in [-0.39, 0.29) is 50.1 Å². The minimum atomic E-state index is -5.16. The Bertz CT molecular complexity index is 2020. The average molecular weight is 797 g/mol. The van der Waals surface area contributed by atoms with E-state index in [1.54, 1.807) is 4.57 Å². The second-order valence-electron chi connectivity index (χ2n) is 16.3. The quantitative estimate of drug-likeness (QED) is 0.243. The molecule has 18 heteroatoms. The number of alkyl halides is 8. The Kier molecular flexibility index (Phi) is 9.39. The van der Waals surface area contributed by atoms with Crippen LogP contribution in [0.25, 0.3) is 22.3 Å². The Hall–Kier alpha value is -4.35. The first-order valence-corrected chi connectivity index (χ1v) is 18.9. The predicted molar refractivity (Wildman–Crippen MR) is 184 cm³/mol. The number of aromatic nitrogens is 3. The molecule has 0 spiro atoms. The molecule has 1 aromatic carbocycles. The minimum Gasteiger partial charge on any atom is -0.479 e. The molecule has 5 saturated carbocycles. The summed E-state index contributed by atoms with van der Waals surface area (Å²) >= 11 is 0. The molecular weight excluding hydrogens is 756 g/mol. The molecule has 1 saturated heterocycles. The van der Waals surface area contributed by atoms with E-state index >= 15 is 0 Å². The number of piperazine rings is 1. The molecule has 9 rings (SSSR count). The maximum atomic E-state index is 14.8. The van der Waals surface area contributed by atoms with Crippen LogP contribution in [0.3, 0.4) is 0 Å². The predicted octanol–water partition coefficient (Wildman–Crippen LogP) is 7.20. The van der Waals surface area contributed by atoms with Crippen LogP contribution >= 0.6 is 0 Å². The van der Waals surface area contributed by atoms with E-state index in [1.807, 2.05) is 0 Å². The third-order valence-electron chi connectivity index (χ3n) is 12.9. The number of rotatable bonds is 7. The fourth-order valence-electron chi connectivity index (χ4n) is 10.4. The number of halogens is 8. The number of nitrogens with one attached hydrogen (secondary N) is 1. The molecule has 0 unspecified atom stereocenters. The maximum absolute atomic E-state index is 14.8. The van der Waals surface area contributed by atoms with Crippen molar-refractivity contribution in [2.45, 2.75) is 87.6 Å². The molecule has 0 atom stereocenters. The van der Waals surface area contributed by atoms with Crippen LogP contribution in [0.5, 0.6) is 0 Å². The van der Waals surface area contributed by atoms with Crippen LogP contribution in [0.1, 0.15) is 90.2 Å². The fraction of sp³-hybridized carbons (Fsp3) is 0.605. The van der Waals surface area contributed by atoms with Crippen molar-refractivity contribution in [3.63, 3.8) is 0 Å². The zero-order valence-corrected chi connectivity index (χ0v) is 30.1. The number of carboxylic acids is 1. The number of carbonyl (C=O) groups excluding carboxylic acids is 2. The largest absolute Gasteiger partial charge is 0.479 e. The molecule has 6 aliphatic rings. The minimum absolute atomic E-state index is 0.00339. The first-order chi connectivity index (χ1) is 26.3. The number of amides is 2. The van der Waals surface area contributed by atoms with Gasteiger partial charge in [0.25, 0.3) is 11.8 Å². The van der Waals surface area contributed by atoms with Crippen LogP contribution < -0.4 is 5.32 Å². The number of aliphatic carboxylic acids is 1. The van der Waals surface area contributed by atoms with Gasteiger partial charge in [-0.2, -0.15) is 26.3 Å². The van der Waals surface area contributed by atoms with Crippen molar-refractivity contribution in [3.05, 3.63) is 47.4 Å². The Labute approximate surface area is 315 Å². The summed E-state index contributed by atoms with van der Waals surface area (Å²) in [6.07, 6.45) is -4.96. The monoisotopic (exact) mass is 796 g/mol. The highest BCUT2D eigenvalue weighted by Gasteiger charge is 2.62. The summed E-state index contributed by atoms with van der Waals surface area (Å²) in [6, 6.07) is 3.87. The van der Waals surface area contributed by atoms with Gasteiger partial charge in [-0.3, -0.25) is 14.5 Å². The summed E-state index contributed by atoms with van der Waals surface area (Å²) in [6.45, 7) is -1.05. The van der Waals surface area contributed by atoms with Crippen molar-refractivity contribution in [3.8, 4) is 11.4 Å². The SMILES string of the molecule is O=C(NC1(C(=O)O)C2CC3CC(C2)CC1C3)c1cnc(-c2cn(C3CCC(F)(F)CC3)c3cc(C(=O)N4CCN(CC(F)(F)F)CC4)ccc23)nc1C(F)(F)F. The van der Waals surface area contributed by atoms with Crippen LogP contribution in [0, 0.1) is 23.7 Å². The summed E-state index contributed by atoms with van der Waals surface area (Å²) in [4.78, 5) is 50.8. The topological polar surface area (TPSA) is 121 Å². The first kappa shape index (κ1) is 38.5. The highest BCUT2D eigenvalue weighted by atomic mass is 19.4. The molecule has 302 valence electrons. The second kappa shape index (κ2) is 13.6. The summed E-state index contributed by atoms with van der Waals surface area (Å²) in [7, 11) is 0. The standard InChI is InChI=1S/C38H40F8N6O4/c39-35(40)5-3-25(4-6-35)52-18-28(26-2-1-22(16-29(26)52)33(54)51-9-7-50(8-10-51)19-36(41,42)43)31-47-17-27(30(48-31)38(44,45)46)32(53)49-37(34(55)56)23-12-20-11-21(14-23)15-24(37)13-20/h1-2,16-18,20-21,23-25H,3-15,19H2,(H,49,53)(H,55,56). The van der Waals surface area contributed by atoms with Gasteiger partial charge in [-0.25, -0.2) is 23.5 Å². The van der Waals surface area contributed by atoms with Gasteiger partial charge < -0.3 is 19.9 Å². The molecule has 2 aromatic heterocycles. The van der Waals surface area contributed by atoms with Gasteiger partial charge in [-0.15, -0.1) is 0 Å². The molecule has 0 radical (unpaired) electrons. The summed E-state index contributed by atoms with van der Waals surface area (Å²) in [5.74, 6) is -6.53. The van der Waals surface area contributed by atoms with E-state index in [0.29, 0.717) is 48.4 Å². The molecule has 3 heterocycles. The Morgan fingerprint density at radius 3 is 2.09 bits per heavy atom. The summed E-state index contributed by atoms with van der Waals surface area (Å²) in [5.41, 5.74) is -3.66. The van der Waals surface area contributed by atoms with Gasteiger partial charge in [0.05, 0.1) is 12.1 Å². The van der Waals surface area contributed by atoms with E-state index in [2.05, 4.69) is 15.3 Å². The van der Waals surface area contributed by atoms with Gasteiger partial charge in [0.1, 0.15) is 5.54 Å². The van der Waals surface area contributed by atoms with E-state index < -0.39 is 95.9 Å². The van der Waals surface area contributed by atoms with Crippen LogP contribution in [0.4, 0.5) is 35.1 Å². The molecule has 3 aromatic rings. The van der Waals surface area contributed by atoms with Crippen molar-refractivity contribution < 1.29 is 54.6 Å². The van der Waals surface area contributed by atoms with E-state index in [9.17, 15) is 54.6 Å². The Morgan fingerprint density at radius 1 is 0.893 bits per heavy atom. The lowest BCUT2D eigenvalue weighted by atomic mass is 9.48. The first-order valence-electron chi connectivity index (χ1n) is 18.9. The number of benzene rings is 1. The van der Waals surface area contributed by atoms with Gasteiger partial charge >= 0.3 is 18.3 Å². The van der Waals surface area contributed by atoms with Gasteiger partial charge in [0.2, 0.25) is 5.92 Å². The van der Waals surface area contributed by atoms with E-state index in [1.165, 1.54) is 34.2 Å². The zero-order valence-electron chi connectivity index (χ0n) is 30.1. The lowest BCUT2D eigenvalue weighted by Crippen LogP contribution is -2.70. The number of hydrogen-bond acceptors (Lipinski definition) is 6.